The summed E-state index contributed by atoms with van der Waals surface area (Å²) < 4.78 is 11.2. The zero-order valence-corrected chi connectivity index (χ0v) is 18.5. The van der Waals surface area contributed by atoms with Crippen LogP contribution in [0.5, 0.6) is 11.5 Å². The number of nitrogens with zero attached hydrogens (tertiary/aromatic N) is 4. The van der Waals surface area contributed by atoms with Crippen molar-refractivity contribution in [3.05, 3.63) is 47.5 Å². The van der Waals surface area contributed by atoms with Crippen LogP contribution in [0.2, 0.25) is 5.02 Å². The van der Waals surface area contributed by atoms with Gasteiger partial charge in [0.25, 0.3) is 0 Å². The number of urea groups is 1. The summed E-state index contributed by atoms with van der Waals surface area (Å²) in [6.07, 6.45) is 0. The molecule has 0 atom stereocenters. The number of amides is 3. The lowest BCUT2D eigenvalue weighted by molar-refractivity contribution is -0.131. The number of anilines is 2. The predicted octanol–water partition coefficient (Wildman–Crippen LogP) is 2.70. The average molecular weight is 457 g/mol. The summed E-state index contributed by atoms with van der Waals surface area (Å²) in [5, 5.41) is 0.705. The second kappa shape index (κ2) is 8.78. The molecule has 2 aromatic carbocycles. The molecule has 0 aliphatic carbocycles. The molecule has 3 heterocycles. The standard InChI is InChI=1S/C23H25ClN4O4/c24-17-2-1-3-18(14-17)25-6-8-26(9-7-25)22(29)16-27-10-11-28(23(27)30)19-4-5-20-21(15-19)32-13-12-31-20/h1-5,14-15H,6-13,16H2. The average Bonchev–Trinajstić information content (AvgIpc) is 3.18. The van der Waals surface area contributed by atoms with Crippen LogP contribution in [0.4, 0.5) is 16.2 Å². The van der Waals surface area contributed by atoms with Gasteiger partial charge in [0.15, 0.2) is 11.5 Å². The SMILES string of the molecule is O=C(CN1CCN(c2ccc3c(c2)OCCO3)C1=O)N1CCN(c2cccc(Cl)c2)CC1. The van der Waals surface area contributed by atoms with Crippen LogP contribution in [0, 0.1) is 0 Å². The third-order valence-corrected chi connectivity index (χ3v) is 6.30. The Hall–Kier alpha value is -3.13. The van der Waals surface area contributed by atoms with Crippen molar-refractivity contribution in [3.8, 4) is 11.5 Å². The van der Waals surface area contributed by atoms with Crippen LogP contribution in [0.3, 0.4) is 0 Å². The van der Waals surface area contributed by atoms with Gasteiger partial charge in [-0.25, -0.2) is 4.79 Å². The highest BCUT2D eigenvalue weighted by Crippen LogP contribution is 2.35. The molecule has 0 aromatic heterocycles. The Labute approximate surface area is 191 Å². The Morgan fingerprint density at radius 3 is 2.44 bits per heavy atom. The number of carbonyl (C=O) groups is 2. The Morgan fingerprint density at radius 1 is 0.875 bits per heavy atom. The molecule has 0 radical (unpaired) electrons. The van der Waals surface area contributed by atoms with Crippen molar-refractivity contribution in [1.82, 2.24) is 9.80 Å². The van der Waals surface area contributed by atoms with Crippen LogP contribution < -0.4 is 19.3 Å². The summed E-state index contributed by atoms with van der Waals surface area (Å²) in [5.41, 5.74) is 1.82. The van der Waals surface area contributed by atoms with E-state index in [4.69, 9.17) is 21.1 Å². The van der Waals surface area contributed by atoms with Gasteiger partial charge < -0.3 is 24.2 Å². The molecule has 168 valence electrons. The van der Waals surface area contributed by atoms with Gasteiger partial charge in [-0.2, -0.15) is 0 Å². The molecular weight excluding hydrogens is 432 g/mol. The fourth-order valence-electron chi connectivity index (χ4n) is 4.32. The maximum atomic E-state index is 12.9. The monoisotopic (exact) mass is 456 g/mol. The minimum atomic E-state index is -0.160. The van der Waals surface area contributed by atoms with E-state index >= 15 is 0 Å². The largest absolute Gasteiger partial charge is 0.486 e. The molecule has 0 saturated carbocycles. The van der Waals surface area contributed by atoms with E-state index in [0.717, 1.165) is 24.5 Å². The molecular formula is C23H25ClN4O4. The third-order valence-electron chi connectivity index (χ3n) is 6.06. The first-order valence-electron chi connectivity index (χ1n) is 10.8. The number of piperazine rings is 1. The highest BCUT2D eigenvalue weighted by molar-refractivity contribution is 6.30. The zero-order valence-electron chi connectivity index (χ0n) is 17.7. The van der Waals surface area contributed by atoms with E-state index in [2.05, 4.69) is 4.90 Å². The lowest BCUT2D eigenvalue weighted by Gasteiger charge is -2.36. The highest BCUT2D eigenvalue weighted by atomic mass is 35.5. The molecule has 32 heavy (non-hydrogen) atoms. The molecule has 2 fully saturated rings. The smallest absolute Gasteiger partial charge is 0.325 e. The summed E-state index contributed by atoms with van der Waals surface area (Å²) in [6.45, 7) is 4.89. The van der Waals surface area contributed by atoms with E-state index in [0.29, 0.717) is 55.9 Å². The van der Waals surface area contributed by atoms with Crippen LogP contribution in [0.15, 0.2) is 42.5 Å². The molecule has 2 saturated heterocycles. The van der Waals surface area contributed by atoms with Gasteiger partial charge in [0.2, 0.25) is 5.91 Å². The Balaban J connectivity index is 1.17. The summed E-state index contributed by atoms with van der Waals surface area (Å²) in [5.74, 6) is 1.32. The van der Waals surface area contributed by atoms with Crippen molar-refractivity contribution in [2.45, 2.75) is 0 Å². The molecule has 3 aliphatic heterocycles. The van der Waals surface area contributed by atoms with Crippen LogP contribution >= 0.6 is 11.6 Å². The van der Waals surface area contributed by atoms with Gasteiger partial charge in [-0.05, 0) is 30.3 Å². The third kappa shape index (κ3) is 4.14. The summed E-state index contributed by atoms with van der Waals surface area (Å²) in [7, 11) is 0. The Morgan fingerprint density at radius 2 is 1.66 bits per heavy atom. The number of hydrogen-bond acceptors (Lipinski definition) is 5. The van der Waals surface area contributed by atoms with E-state index in [9.17, 15) is 9.59 Å². The van der Waals surface area contributed by atoms with Crippen molar-refractivity contribution < 1.29 is 19.1 Å². The molecule has 5 rings (SSSR count). The molecule has 0 bridgehead atoms. The first kappa shape index (κ1) is 20.8. The summed E-state index contributed by atoms with van der Waals surface area (Å²) >= 11 is 6.10. The van der Waals surface area contributed by atoms with Gasteiger partial charge in [0.05, 0.1) is 0 Å². The van der Waals surface area contributed by atoms with Crippen molar-refractivity contribution in [2.75, 3.05) is 68.8 Å². The summed E-state index contributed by atoms with van der Waals surface area (Å²) in [4.78, 5) is 33.2. The number of hydrogen-bond donors (Lipinski definition) is 0. The molecule has 3 amide bonds. The second-order valence-electron chi connectivity index (χ2n) is 8.03. The quantitative estimate of drug-likeness (QED) is 0.707. The number of ether oxygens (including phenoxy) is 2. The number of halogens is 1. The van der Waals surface area contributed by atoms with Gasteiger partial charge in [-0.3, -0.25) is 9.69 Å². The Bertz CT molecular complexity index is 1020. The maximum Gasteiger partial charge on any atom is 0.325 e. The molecule has 0 unspecified atom stereocenters. The number of benzene rings is 2. The molecule has 3 aliphatic rings. The van der Waals surface area contributed by atoms with Gasteiger partial charge in [0.1, 0.15) is 19.8 Å². The molecule has 2 aromatic rings. The summed E-state index contributed by atoms with van der Waals surface area (Å²) in [6, 6.07) is 13.1. The predicted molar refractivity (Wildman–Crippen MR) is 122 cm³/mol. The van der Waals surface area contributed by atoms with Crippen molar-refractivity contribution >= 4 is 34.9 Å². The van der Waals surface area contributed by atoms with E-state index in [1.807, 2.05) is 47.4 Å². The highest BCUT2D eigenvalue weighted by Gasteiger charge is 2.33. The second-order valence-corrected chi connectivity index (χ2v) is 8.47. The van der Waals surface area contributed by atoms with Crippen LogP contribution in [0.25, 0.3) is 0 Å². The first-order valence-corrected chi connectivity index (χ1v) is 11.2. The molecule has 8 nitrogen and oxygen atoms in total. The van der Waals surface area contributed by atoms with Gasteiger partial charge >= 0.3 is 6.03 Å². The molecule has 0 spiro atoms. The zero-order chi connectivity index (χ0) is 22.1. The fourth-order valence-corrected chi connectivity index (χ4v) is 4.50. The van der Waals surface area contributed by atoms with E-state index in [1.54, 1.807) is 9.80 Å². The fraction of sp³-hybridized carbons (Fsp3) is 0.391. The van der Waals surface area contributed by atoms with Crippen molar-refractivity contribution in [2.24, 2.45) is 0 Å². The van der Waals surface area contributed by atoms with Crippen molar-refractivity contribution in [3.63, 3.8) is 0 Å². The minimum Gasteiger partial charge on any atom is -0.486 e. The van der Waals surface area contributed by atoms with Gasteiger partial charge in [-0.1, -0.05) is 17.7 Å². The minimum absolute atomic E-state index is 0.0203. The van der Waals surface area contributed by atoms with Crippen molar-refractivity contribution in [1.29, 1.82) is 0 Å². The van der Waals surface area contributed by atoms with Crippen LogP contribution in [-0.2, 0) is 4.79 Å². The van der Waals surface area contributed by atoms with E-state index < -0.39 is 0 Å². The number of rotatable bonds is 4. The molecule has 9 heteroatoms. The van der Waals surface area contributed by atoms with E-state index in [1.165, 1.54) is 0 Å². The topological polar surface area (TPSA) is 65.6 Å². The van der Waals surface area contributed by atoms with Gasteiger partial charge in [-0.15, -0.1) is 0 Å². The number of fused-ring (bicyclic) bond motifs is 1. The first-order chi connectivity index (χ1) is 15.6. The van der Waals surface area contributed by atoms with Crippen LogP contribution in [-0.4, -0.2) is 80.8 Å². The Kier molecular flexibility index (Phi) is 5.70. The maximum absolute atomic E-state index is 12.9. The normalized spacial score (nSPS) is 18.3. The lowest BCUT2D eigenvalue weighted by Crippen LogP contribution is -2.51. The van der Waals surface area contributed by atoms with Crippen LogP contribution in [0.1, 0.15) is 0 Å². The molecule has 0 N–H and O–H groups in total. The lowest BCUT2D eigenvalue weighted by atomic mass is 10.2. The number of carbonyl (C=O) groups excluding carboxylic acids is 2. The van der Waals surface area contributed by atoms with Gasteiger partial charge in [0, 0.05) is 61.7 Å². The van der Waals surface area contributed by atoms with E-state index in [-0.39, 0.29) is 18.5 Å².